The fourth-order valence-electron chi connectivity index (χ4n) is 2.33. The van der Waals surface area contributed by atoms with Gasteiger partial charge < -0.3 is 19.5 Å². The maximum absolute atomic E-state index is 12.6. The van der Waals surface area contributed by atoms with E-state index in [-0.39, 0.29) is 12.5 Å². The SMILES string of the molecule is CCOC(=O)c1ccccc1NC(=O)[C@@H](CC)Oc1ccc(OC)cc1. The Balaban J connectivity index is 2.10. The van der Waals surface area contributed by atoms with Gasteiger partial charge in [0.15, 0.2) is 6.10 Å². The van der Waals surface area contributed by atoms with E-state index >= 15 is 0 Å². The Bertz CT molecular complexity index is 742. The molecular formula is C20H23NO5. The second-order valence-electron chi connectivity index (χ2n) is 5.45. The Hall–Kier alpha value is -3.02. The molecule has 0 aliphatic heterocycles. The molecule has 0 radical (unpaired) electrons. The maximum atomic E-state index is 12.6. The fourth-order valence-corrected chi connectivity index (χ4v) is 2.33. The fraction of sp³-hybridized carbons (Fsp3) is 0.300. The number of ether oxygens (including phenoxy) is 3. The highest BCUT2D eigenvalue weighted by Crippen LogP contribution is 2.21. The highest BCUT2D eigenvalue weighted by molar-refractivity contribution is 6.02. The molecular weight excluding hydrogens is 334 g/mol. The van der Waals surface area contributed by atoms with Crippen molar-refractivity contribution < 1.29 is 23.8 Å². The average molecular weight is 357 g/mol. The molecule has 6 heteroatoms. The van der Waals surface area contributed by atoms with Crippen molar-refractivity contribution in [3.63, 3.8) is 0 Å². The molecule has 0 bridgehead atoms. The lowest BCUT2D eigenvalue weighted by molar-refractivity contribution is -0.122. The molecule has 0 fully saturated rings. The first-order chi connectivity index (χ1) is 12.6. The molecule has 0 heterocycles. The number of methoxy groups -OCH3 is 1. The summed E-state index contributed by atoms with van der Waals surface area (Å²) in [5, 5.41) is 2.75. The lowest BCUT2D eigenvalue weighted by atomic mass is 10.1. The van der Waals surface area contributed by atoms with E-state index in [1.807, 2.05) is 6.92 Å². The summed E-state index contributed by atoms with van der Waals surface area (Å²) in [4.78, 5) is 24.6. The minimum Gasteiger partial charge on any atom is -0.497 e. The summed E-state index contributed by atoms with van der Waals surface area (Å²) < 4.78 is 15.9. The Morgan fingerprint density at radius 3 is 2.27 bits per heavy atom. The number of benzene rings is 2. The lowest BCUT2D eigenvalue weighted by Gasteiger charge is -2.18. The third kappa shape index (κ3) is 4.99. The molecule has 0 saturated carbocycles. The van der Waals surface area contributed by atoms with Crippen LogP contribution in [0.15, 0.2) is 48.5 Å². The van der Waals surface area contributed by atoms with Crippen LogP contribution in [0.3, 0.4) is 0 Å². The van der Waals surface area contributed by atoms with Crippen molar-refractivity contribution in [2.45, 2.75) is 26.4 Å². The third-order valence-electron chi connectivity index (χ3n) is 3.68. The van der Waals surface area contributed by atoms with E-state index < -0.39 is 12.1 Å². The number of amides is 1. The standard InChI is InChI=1S/C20H23NO5/c1-4-18(26-15-12-10-14(24-3)11-13-15)19(22)21-17-9-7-6-8-16(17)20(23)25-5-2/h6-13,18H,4-5H2,1-3H3,(H,21,22)/t18-/m1/s1. The number of anilines is 1. The second kappa shape index (κ2) is 9.46. The monoisotopic (exact) mass is 357 g/mol. The van der Waals surface area contributed by atoms with Crippen molar-refractivity contribution in [3.05, 3.63) is 54.1 Å². The minimum atomic E-state index is -0.696. The van der Waals surface area contributed by atoms with Crippen LogP contribution in [0.5, 0.6) is 11.5 Å². The van der Waals surface area contributed by atoms with Crippen molar-refractivity contribution in [1.82, 2.24) is 0 Å². The molecule has 138 valence electrons. The molecule has 26 heavy (non-hydrogen) atoms. The number of para-hydroxylation sites is 1. The van der Waals surface area contributed by atoms with Crippen LogP contribution < -0.4 is 14.8 Å². The molecule has 2 rings (SSSR count). The minimum absolute atomic E-state index is 0.263. The average Bonchev–Trinajstić information content (AvgIpc) is 2.67. The van der Waals surface area contributed by atoms with Crippen LogP contribution in [0, 0.1) is 0 Å². The van der Waals surface area contributed by atoms with Crippen LogP contribution >= 0.6 is 0 Å². The van der Waals surface area contributed by atoms with Crippen molar-refractivity contribution in [2.24, 2.45) is 0 Å². The van der Waals surface area contributed by atoms with E-state index in [0.717, 1.165) is 0 Å². The van der Waals surface area contributed by atoms with Crippen molar-refractivity contribution in [1.29, 1.82) is 0 Å². The number of carbonyl (C=O) groups excluding carboxylic acids is 2. The van der Waals surface area contributed by atoms with E-state index in [1.54, 1.807) is 62.6 Å². The van der Waals surface area contributed by atoms with Crippen LogP contribution in [0.4, 0.5) is 5.69 Å². The molecule has 6 nitrogen and oxygen atoms in total. The van der Waals surface area contributed by atoms with E-state index in [4.69, 9.17) is 14.2 Å². The summed E-state index contributed by atoms with van der Waals surface area (Å²) in [7, 11) is 1.58. The first-order valence-corrected chi connectivity index (χ1v) is 8.46. The first kappa shape index (κ1) is 19.3. The molecule has 0 saturated heterocycles. The van der Waals surface area contributed by atoms with Crippen LogP contribution in [0.25, 0.3) is 0 Å². The van der Waals surface area contributed by atoms with Gasteiger partial charge in [0.2, 0.25) is 0 Å². The van der Waals surface area contributed by atoms with Crippen molar-refractivity contribution >= 4 is 17.6 Å². The van der Waals surface area contributed by atoms with Gasteiger partial charge in [0, 0.05) is 0 Å². The Morgan fingerprint density at radius 1 is 1.00 bits per heavy atom. The van der Waals surface area contributed by atoms with Gasteiger partial charge in [-0.05, 0) is 49.7 Å². The zero-order chi connectivity index (χ0) is 18.9. The Kier molecular flexibility index (Phi) is 7.02. The summed E-state index contributed by atoms with van der Waals surface area (Å²) >= 11 is 0. The van der Waals surface area contributed by atoms with Gasteiger partial charge in [0.25, 0.3) is 5.91 Å². The van der Waals surface area contributed by atoms with Gasteiger partial charge in [0.05, 0.1) is 25.0 Å². The van der Waals surface area contributed by atoms with Gasteiger partial charge in [0.1, 0.15) is 11.5 Å². The summed E-state index contributed by atoms with van der Waals surface area (Å²) in [6.07, 6.45) is -0.224. The predicted molar refractivity (Wildman–Crippen MR) is 98.7 cm³/mol. The van der Waals surface area contributed by atoms with E-state index in [2.05, 4.69) is 5.32 Å². The molecule has 2 aromatic carbocycles. The summed E-state index contributed by atoms with van der Waals surface area (Å²) in [5.41, 5.74) is 0.703. The van der Waals surface area contributed by atoms with Gasteiger partial charge >= 0.3 is 5.97 Å². The molecule has 2 aromatic rings. The normalized spacial score (nSPS) is 11.3. The number of rotatable bonds is 8. The summed E-state index contributed by atoms with van der Waals surface area (Å²) in [6, 6.07) is 13.7. The molecule has 0 aliphatic carbocycles. The van der Waals surface area contributed by atoms with Crippen LogP contribution in [0.1, 0.15) is 30.6 Å². The van der Waals surface area contributed by atoms with Gasteiger partial charge in [-0.25, -0.2) is 4.79 Å². The molecule has 0 aliphatic rings. The predicted octanol–water partition coefficient (Wildman–Crippen LogP) is 3.67. The zero-order valence-corrected chi connectivity index (χ0v) is 15.2. The van der Waals surface area contributed by atoms with Gasteiger partial charge in [-0.2, -0.15) is 0 Å². The Labute approximate surface area is 153 Å². The van der Waals surface area contributed by atoms with Crippen molar-refractivity contribution in [2.75, 3.05) is 19.0 Å². The van der Waals surface area contributed by atoms with Crippen LogP contribution in [0.2, 0.25) is 0 Å². The van der Waals surface area contributed by atoms with Gasteiger partial charge in [-0.1, -0.05) is 19.1 Å². The molecule has 1 atom stereocenters. The number of hydrogen-bond acceptors (Lipinski definition) is 5. The highest BCUT2D eigenvalue weighted by Gasteiger charge is 2.21. The van der Waals surface area contributed by atoms with Crippen LogP contribution in [-0.2, 0) is 9.53 Å². The quantitative estimate of drug-likeness (QED) is 0.730. The number of hydrogen-bond donors (Lipinski definition) is 1. The second-order valence-corrected chi connectivity index (χ2v) is 5.45. The molecule has 0 spiro atoms. The van der Waals surface area contributed by atoms with E-state index in [9.17, 15) is 9.59 Å². The maximum Gasteiger partial charge on any atom is 0.340 e. The molecule has 1 N–H and O–H groups in total. The summed E-state index contributed by atoms with van der Waals surface area (Å²) in [5.74, 6) is 0.456. The molecule has 0 aromatic heterocycles. The van der Waals surface area contributed by atoms with Crippen LogP contribution in [-0.4, -0.2) is 31.7 Å². The van der Waals surface area contributed by atoms with E-state index in [1.165, 1.54) is 0 Å². The first-order valence-electron chi connectivity index (χ1n) is 8.46. The van der Waals surface area contributed by atoms with E-state index in [0.29, 0.717) is 29.2 Å². The number of carbonyl (C=O) groups is 2. The highest BCUT2D eigenvalue weighted by atomic mass is 16.5. The van der Waals surface area contributed by atoms with Gasteiger partial charge in [-0.15, -0.1) is 0 Å². The molecule has 1 amide bonds. The third-order valence-corrected chi connectivity index (χ3v) is 3.68. The zero-order valence-electron chi connectivity index (χ0n) is 15.2. The number of esters is 1. The largest absolute Gasteiger partial charge is 0.497 e. The smallest absolute Gasteiger partial charge is 0.340 e. The number of nitrogens with one attached hydrogen (secondary N) is 1. The van der Waals surface area contributed by atoms with Crippen molar-refractivity contribution in [3.8, 4) is 11.5 Å². The topological polar surface area (TPSA) is 73.9 Å². The molecule has 0 unspecified atom stereocenters. The summed E-state index contributed by atoms with van der Waals surface area (Å²) in [6.45, 7) is 3.85. The Morgan fingerprint density at radius 2 is 1.65 bits per heavy atom. The lowest BCUT2D eigenvalue weighted by Crippen LogP contribution is -2.33. The van der Waals surface area contributed by atoms with Gasteiger partial charge in [-0.3, -0.25) is 4.79 Å².